The Hall–Kier alpha value is -1.49. The van der Waals surface area contributed by atoms with Gasteiger partial charge in [-0.15, -0.1) is 0 Å². The van der Waals surface area contributed by atoms with Gasteiger partial charge in [-0.2, -0.15) is 5.10 Å². The molecule has 0 aliphatic heterocycles. The van der Waals surface area contributed by atoms with E-state index < -0.39 is 0 Å². The molecule has 2 rings (SSSR count). The van der Waals surface area contributed by atoms with Crippen molar-refractivity contribution in [1.82, 2.24) is 9.78 Å². The topological polar surface area (TPSA) is 53.1 Å². The van der Waals surface area contributed by atoms with E-state index in [1.165, 1.54) is 0 Å². The molecule has 1 heterocycles. The zero-order valence-corrected chi connectivity index (χ0v) is 13.7. The van der Waals surface area contributed by atoms with Gasteiger partial charge in [-0.1, -0.05) is 19.9 Å². The third kappa shape index (κ3) is 2.82. The Balaban J connectivity index is 2.32. The van der Waals surface area contributed by atoms with E-state index in [4.69, 9.17) is 10.5 Å². The Bertz CT molecular complexity index is 607. The largest absolute Gasteiger partial charge is 0.496 e. The molecule has 5 heteroatoms. The molecule has 0 unspecified atom stereocenters. The summed E-state index contributed by atoms with van der Waals surface area (Å²) in [5.74, 6) is 0.832. The van der Waals surface area contributed by atoms with Gasteiger partial charge in [0.15, 0.2) is 0 Å². The molecule has 108 valence electrons. The number of anilines is 1. The van der Waals surface area contributed by atoms with Gasteiger partial charge in [0.05, 0.1) is 35.2 Å². The van der Waals surface area contributed by atoms with Crippen molar-refractivity contribution in [2.24, 2.45) is 0 Å². The minimum Gasteiger partial charge on any atom is -0.496 e. The van der Waals surface area contributed by atoms with E-state index in [-0.39, 0.29) is 0 Å². The van der Waals surface area contributed by atoms with Crippen LogP contribution >= 0.6 is 15.9 Å². The number of hydrogen-bond donors (Lipinski definition) is 1. The number of nitrogens with zero attached hydrogens (tertiary/aromatic N) is 2. The summed E-state index contributed by atoms with van der Waals surface area (Å²) in [5.41, 5.74) is 10.2. The number of aryl methyl sites for hydroxylation is 1. The van der Waals surface area contributed by atoms with Crippen molar-refractivity contribution in [3.05, 3.63) is 39.6 Å². The van der Waals surface area contributed by atoms with Crippen molar-refractivity contribution < 1.29 is 4.74 Å². The SMILES string of the molecule is CCc1nn(Cc2ccc(OC)c(Br)c2)c(CC)c1N. The monoisotopic (exact) mass is 337 g/mol. The molecule has 0 amide bonds. The van der Waals surface area contributed by atoms with Crippen LogP contribution < -0.4 is 10.5 Å². The molecule has 0 aliphatic carbocycles. The average molecular weight is 338 g/mol. The van der Waals surface area contributed by atoms with E-state index in [9.17, 15) is 0 Å². The number of nitrogen functional groups attached to an aromatic ring is 1. The summed E-state index contributed by atoms with van der Waals surface area (Å²) in [4.78, 5) is 0. The Labute approximate surface area is 128 Å². The van der Waals surface area contributed by atoms with Crippen molar-refractivity contribution in [2.75, 3.05) is 12.8 Å². The lowest BCUT2D eigenvalue weighted by molar-refractivity contribution is 0.412. The van der Waals surface area contributed by atoms with Crippen LogP contribution in [0.5, 0.6) is 5.75 Å². The van der Waals surface area contributed by atoms with Crippen LogP contribution in [0.3, 0.4) is 0 Å². The molecule has 0 radical (unpaired) electrons. The lowest BCUT2D eigenvalue weighted by atomic mass is 10.2. The van der Waals surface area contributed by atoms with E-state index >= 15 is 0 Å². The molecule has 1 aromatic carbocycles. The molecule has 0 saturated carbocycles. The zero-order chi connectivity index (χ0) is 14.7. The molecular weight excluding hydrogens is 318 g/mol. The first-order valence-electron chi connectivity index (χ1n) is 6.77. The van der Waals surface area contributed by atoms with Gasteiger partial charge < -0.3 is 10.5 Å². The Morgan fingerprint density at radius 1 is 1.30 bits per heavy atom. The molecule has 0 atom stereocenters. The number of benzene rings is 1. The van der Waals surface area contributed by atoms with Gasteiger partial charge in [0.2, 0.25) is 0 Å². The first kappa shape index (κ1) is 14.9. The van der Waals surface area contributed by atoms with Crippen LogP contribution in [0.15, 0.2) is 22.7 Å². The maximum atomic E-state index is 6.14. The van der Waals surface area contributed by atoms with Crippen LogP contribution in [-0.2, 0) is 19.4 Å². The van der Waals surface area contributed by atoms with Gasteiger partial charge >= 0.3 is 0 Å². The minimum atomic E-state index is 0.718. The third-order valence-electron chi connectivity index (χ3n) is 3.39. The first-order valence-corrected chi connectivity index (χ1v) is 7.56. The molecular formula is C15H20BrN3O. The normalized spacial score (nSPS) is 10.8. The molecule has 2 N–H and O–H groups in total. The second-order valence-electron chi connectivity index (χ2n) is 4.64. The predicted molar refractivity (Wildman–Crippen MR) is 85.2 cm³/mol. The highest BCUT2D eigenvalue weighted by atomic mass is 79.9. The number of aromatic nitrogens is 2. The summed E-state index contributed by atoms with van der Waals surface area (Å²) >= 11 is 3.51. The fourth-order valence-electron chi connectivity index (χ4n) is 2.31. The maximum absolute atomic E-state index is 6.14. The fraction of sp³-hybridized carbons (Fsp3) is 0.400. The molecule has 0 saturated heterocycles. The van der Waals surface area contributed by atoms with Crippen LogP contribution in [0.4, 0.5) is 5.69 Å². The lowest BCUT2D eigenvalue weighted by Crippen LogP contribution is -2.07. The average Bonchev–Trinajstić information content (AvgIpc) is 2.74. The number of nitrogens with two attached hydrogens (primary N) is 1. The number of halogens is 1. The van der Waals surface area contributed by atoms with Crippen LogP contribution in [-0.4, -0.2) is 16.9 Å². The molecule has 0 fully saturated rings. The second kappa shape index (κ2) is 6.31. The highest BCUT2D eigenvalue weighted by molar-refractivity contribution is 9.10. The van der Waals surface area contributed by atoms with Crippen molar-refractivity contribution in [3.63, 3.8) is 0 Å². The summed E-state index contributed by atoms with van der Waals surface area (Å²) in [6.45, 7) is 4.90. The Morgan fingerprint density at radius 2 is 2.05 bits per heavy atom. The molecule has 0 bridgehead atoms. The number of hydrogen-bond acceptors (Lipinski definition) is 3. The molecule has 4 nitrogen and oxygen atoms in total. The summed E-state index contributed by atoms with van der Waals surface area (Å²) in [5, 5.41) is 4.61. The van der Waals surface area contributed by atoms with Crippen LogP contribution in [0.1, 0.15) is 30.8 Å². The van der Waals surface area contributed by atoms with Crippen molar-refractivity contribution in [1.29, 1.82) is 0 Å². The van der Waals surface area contributed by atoms with E-state index in [0.29, 0.717) is 0 Å². The minimum absolute atomic E-state index is 0.718. The predicted octanol–water partition coefficient (Wildman–Crippen LogP) is 3.41. The fourth-order valence-corrected chi connectivity index (χ4v) is 2.90. The molecule has 1 aromatic heterocycles. The van der Waals surface area contributed by atoms with E-state index in [1.807, 2.05) is 16.8 Å². The van der Waals surface area contributed by atoms with Crippen molar-refractivity contribution >= 4 is 21.6 Å². The van der Waals surface area contributed by atoms with Gasteiger partial charge in [0.25, 0.3) is 0 Å². The van der Waals surface area contributed by atoms with Gasteiger partial charge in [0.1, 0.15) is 5.75 Å². The number of rotatable bonds is 5. The van der Waals surface area contributed by atoms with Crippen molar-refractivity contribution in [2.45, 2.75) is 33.2 Å². The highest BCUT2D eigenvalue weighted by Gasteiger charge is 2.13. The standard InChI is InChI=1S/C15H20BrN3O/c1-4-12-15(17)13(5-2)19(18-12)9-10-6-7-14(20-3)11(16)8-10/h6-8H,4-5,9,17H2,1-3H3. The van der Waals surface area contributed by atoms with Gasteiger partial charge in [-0.3, -0.25) is 4.68 Å². The molecule has 20 heavy (non-hydrogen) atoms. The Kier molecular flexibility index (Phi) is 4.70. The van der Waals surface area contributed by atoms with E-state index in [2.05, 4.69) is 40.9 Å². The van der Waals surface area contributed by atoms with Crippen LogP contribution in [0.2, 0.25) is 0 Å². The molecule has 2 aromatic rings. The van der Waals surface area contributed by atoms with Gasteiger partial charge in [0, 0.05) is 0 Å². The summed E-state index contributed by atoms with van der Waals surface area (Å²) in [7, 11) is 1.66. The van der Waals surface area contributed by atoms with E-state index in [1.54, 1.807) is 7.11 Å². The molecule has 0 aliphatic rings. The lowest BCUT2D eigenvalue weighted by Gasteiger charge is -2.09. The summed E-state index contributed by atoms with van der Waals surface area (Å²) < 4.78 is 8.20. The maximum Gasteiger partial charge on any atom is 0.133 e. The highest BCUT2D eigenvalue weighted by Crippen LogP contribution is 2.26. The first-order chi connectivity index (χ1) is 9.60. The quantitative estimate of drug-likeness (QED) is 0.909. The number of ether oxygens (including phenoxy) is 1. The van der Waals surface area contributed by atoms with Crippen LogP contribution in [0.25, 0.3) is 0 Å². The van der Waals surface area contributed by atoms with Crippen LogP contribution in [0, 0.1) is 0 Å². The Morgan fingerprint density at radius 3 is 2.60 bits per heavy atom. The summed E-state index contributed by atoms with van der Waals surface area (Å²) in [6.07, 6.45) is 1.74. The zero-order valence-electron chi connectivity index (χ0n) is 12.1. The van der Waals surface area contributed by atoms with Crippen molar-refractivity contribution in [3.8, 4) is 5.75 Å². The van der Waals surface area contributed by atoms with Gasteiger partial charge in [-0.25, -0.2) is 0 Å². The molecule has 0 spiro atoms. The van der Waals surface area contributed by atoms with E-state index in [0.717, 1.165) is 52.2 Å². The second-order valence-corrected chi connectivity index (χ2v) is 5.50. The number of methoxy groups -OCH3 is 1. The van der Waals surface area contributed by atoms with Gasteiger partial charge in [-0.05, 0) is 46.5 Å². The summed E-state index contributed by atoms with van der Waals surface area (Å²) in [6, 6.07) is 6.06. The smallest absolute Gasteiger partial charge is 0.133 e. The third-order valence-corrected chi connectivity index (χ3v) is 4.01.